The number of hydrogen-bond donors (Lipinski definition) is 2. The van der Waals surface area contributed by atoms with E-state index in [-0.39, 0.29) is 22.1 Å². The average Bonchev–Trinajstić information content (AvgIpc) is 3.19. The second-order valence-corrected chi connectivity index (χ2v) is 11.7. The van der Waals surface area contributed by atoms with Crippen molar-refractivity contribution in [2.45, 2.75) is 38.6 Å². The van der Waals surface area contributed by atoms with Crippen LogP contribution in [0.4, 0.5) is 0 Å². The summed E-state index contributed by atoms with van der Waals surface area (Å²) in [4.78, 5) is 38.0. The molecule has 1 heterocycles. The van der Waals surface area contributed by atoms with E-state index in [0.717, 1.165) is 11.1 Å². The minimum absolute atomic E-state index is 0.0630. The Balaban J connectivity index is 1.80. The van der Waals surface area contributed by atoms with Gasteiger partial charge >= 0.3 is 0 Å². The van der Waals surface area contributed by atoms with Gasteiger partial charge in [-0.2, -0.15) is 0 Å². The topological polar surface area (TPSA) is 138 Å². The van der Waals surface area contributed by atoms with E-state index in [0.29, 0.717) is 29.6 Å². The smallest absolute Gasteiger partial charge is 0.289 e. The fraction of sp³-hybridized carbons (Fsp3) is 0.233. The van der Waals surface area contributed by atoms with Crippen molar-refractivity contribution in [1.29, 1.82) is 0 Å². The molecule has 2 amide bonds. The minimum Gasteiger partial charge on any atom is -0.483 e. The molecular weight excluding hydrogens is 530 g/mol. The van der Waals surface area contributed by atoms with Crippen molar-refractivity contribution < 1.29 is 27.5 Å². The van der Waals surface area contributed by atoms with E-state index in [2.05, 4.69) is 0 Å². The Kier molecular flexibility index (Phi) is 8.39. The van der Waals surface area contributed by atoms with E-state index in [1.807, 2.05) is 66.5 Å². The van der Waals surface area contributed by atoms with Crippen LogP contribution in [0.25, 0.3) is 10.9 Å². The van der Waals surface area contributed by atoms with Crippen LogP contribution in [0.5, 0.6) is 5.75 Å². The molecular formula is C30H31N3O6S. The highest BCUT2D eigenvalue weighted by Gasteiger charge is 2.29. The largest absolute Gasteiger partial charge is 0.483 e. The van der Waals surface area contributed by atoms with E-state index < -0.39 is 34.2 Å². The number of aromatic nitrogens is 1. The lowest BCUT2D eigenvalue weighted by Crippen LogP contribution is -2.34. The molecule has 4 rings (SSSR count). The van der Waals surface area contributed by atoms with Crippen LogP contribution >= 0.6 is 0 Å². The number of ketones is 1. The van der Waals surface area contributed by atoms with Gasteiger partial charge < -0.3 is 15.0 Å². The lowest BCUT2D eigenvalue weighted by Gasteiger charge is -2.14. The van der Waals surface area contributed by atoms with Gasteiger partial charge in [0.05, 0.1) is 21.4 Å². The highest BCUT2D eigenvalue weighted by molar-refractivity contribution is 7.90. The van der Waals surface area contributed by atoms with E-state index in [4.69, 9.17) is 10.5 Å². The highest BCUT2D eigenvalue weighted by Crippen LogP contribution is 2.37. The molecule has 0 atom stereocenters. The molecule has 0 saturated heterocycles. The summed E-state index contributed by atoms with van der Waals surface area (Å²) < 4.78 is 35.0. The molecule has 0 spiro atoms. The second-order valence-electron chi connectivity index (χ2n) is 9.97. The van der Waals surface area contributed by atoms with Gasteiger partial charge in [0.25, 0.3) is 27.6 Å². The molecule has 208 valence electrons. The number of benzene rings is 3. The number of ether oxygens (including phenoxy) is 1. The number of nitrogens with one attached hydrogen (secondary N) is 1. The molecule has 0 saturated carbocycles. The number of Topliss-reactive ketones (excluding diaryl/α,β-unsaturated/α-hetero) is 1. The van der Waals surface area contributed by atoms with Gasteiger partial charge in [0.2, 0.25) is 0 Å². The fourth-order valence-corrected chi connectivity index (χ4v) is 5.62. The molecule has 0 bridgehead atoms. The molecule has 9 nitrogen and oxygen atoms in total. The van der Waals surface area contributed by atoms with Gasteiger partial charge in [-0.3, -0.25) is 14.4 Å². The maximum absolute atomic E-state index is 13.2. The maximum Gasteiger partial charge on any atom is 0.289 e. The number of amides is 2. The van der Waals surface area contributed by atoms with Crippen molar-refractivity contribution in [2.24, 2.45) is 11.7 Å². The number of hydrogen-bond acceptors (Lipinski definition) is 6. The number of rotatable bonds is 11. The zero-order chi connectivity index (χ0) is 29.0. The Morgan fingerprint density at radius 1 is 0.975 bits per heavy atom. The van der Waals surface area contributed by atoms with Crippen molar-refractivity contribution >= 4 is 38.5 Å². The van der Waals surface area contributed by atoms with Crippen molar-refractivity contribution in [2.75, 3.05) is 6.61 Å². The molecule has 4 aromatic rings. The monoisotopic (exact) mass is 561 g/mol. The molecule has 1 aromatic heterocycles. The van der Waals surface area contributed by atoms with Crippen LogP contribution in [-0.4, -0.2) is 37.2 Å². The molecule has 0 aliphatic carbocycles. The van der Waals surface area contributed by atoms with Gasteiger partial charge in [0.1, 0.15) is 5.75 Å². The summed E-state index contributed by atoms with van der Waals surface area (Å²) in [6.45, 7) is 5.62. The van der Waals surface area contributed by atoms with Crippen LogP contribution < -0.4 is 15.2 Å². The first-order valence-electron chi connectivity index (χ1n) is 12.7. The summed E-state index contributed by atoms with van der Waals surface area (Å²) in [6.07, 6.45) is 0.476. The molecule has 0 aliphatic rings. The second kappa shape index (κ2) is 11.7. The summed E-state index contributed by atoms with van der Waals surface area (Å²) in [6, 6.07) is 20.7. The Bertz CT molecular complexity index is 1680. The summed E-state index contributed by atoms with van der Waals surface area (Å²) in [5.74, 6) is -2.56. The van der Waals surface area contributed by atoms with Crippen LogP contribution in [0.1, 0.15) is 41.0 Å². The van der Waals surface area contributed by atoms with Gasteiger partial charge in [-0.05, 0) is 54.7 Å². The zero-order valence-corrected chi connectivity index (χ0v) is 23.3. The third kappa shape index (κ3) is 6.23. The van der Waals surface area contributed by atoms with Crippen molar-refractivity contribution in [3.8, 4) is 5.75 Å². The lowest BCUT2D eigenvalue weighted by atomic mass is 9.99. The standard InChI is InChI=1S/C30H31N3O6S/c1-19(2)14-23-28(29(35)30(31)36)27-24(33(23)17-21-10-6-4-7-11-21)15-20(3)16-25(27)39-18-26(34)32-40(37,38)22-12-8-5-9-13-22/h4-13,15-16,19H,14,17-18H2,1-3H3,(H2,31,36)(H,32,34). The maximum atomic E-state index is 13.2. The number of nitrogens with two attached hydrogens (primary N) is 1. The molecule has 0 unspecified atom stereocenters. The third-order valence-corrected chi connectivity index (χ3v) is 7.67. The Morgan fingerprint density at radius 3 is 2.20 bits per heavy atom. The van der Waals surface area contributed by atoms with Gasteiger partial charge in [0, 0.05) is 12.2 Å². The summed E-state index contributed by atoms with van der Waals surface area (Å²) in [7, 11) is -4.10. The molecule has 40 heavy (non-hydrogen) atoms. The number of nitrogens with zero attached hydrogens (tertiary/aromatic N) is 1. The normalized spacial score (nSPS) is 11.5. The molecule has 3 aromatic carbocycles. The summed E-state index contributed by atoms with van der Waals surface area (Å²) in [5, 5.41) is 0.347. The van der Waals surface area contributed by atoms with Crippen LogP contribution in [0.3, 0.4) is 0 Å². The van der Waals surface area contributed by atoms with Crippen molar-refractivity contribution in [3.05, 3.63) is 95.2 Å². The van der Waals surface area contributed by atoms with Crippen molar-refractivity contribution in [3.63, 3.8) is 0 Å². The van der Waals surface area contributed by atoms with E-state index in [9.17, 15) is 22.8 Å². The van der Waals surface area contributed by atoms with Crippen LogP contribution in [0.15, 0.2) is 77.7 Å². The molecule has 0 radical (unpaired) electrons. The number of sulfonamides is 1. The molecule has 0 fully saturated rings. The molecule has 10 heteroatoms. The highest BCUT2D eigenvalue weighted by atomic mass is 32.2. The van der Waals surface area contributed by atoms with Crippen LogP contribution in [0, 0.1) is 12.8 Å². The van der Waals surface area contributed by atoms with Crippen LogP contribution in [-0.2, 0) is 32.6 Å². The number of primary amides is 1. The van der Waals surface area contributed by atoms with Gasteiger partial charge in [-0.1, -0.05) is 62.4 Å². The minimum atomic E-state index is -4.10. The summed E-state index contributed by atoms with van der Waals surface area (Å²) >= 11 is 0. The van der Waals surface area contributed by atoms with Crippen LogP contribution in [0.2, 0.25) is 0 Å². The Labute approximate surface area is 233 Å². The number of carbonyl (C=O) groups is 3. The first-order chi connectivity index (χ1) is 19.0. The average molecular weight is 562 g/mol. The molecule has 0 aliphatic heterocycles. The SMILES string of the molecule is Cc1cc(OCC(=O)NS(=O)(=O)c2ccccc2)c2c(C(=O)C(N)=O)c(CC(C)C)n(Cc3ccccc3)c2c1. The zero-order valence-electron chi connectivity index (χ0n) is 22.5. The first-order valence-corrected chi connectivity index (χ1v) is 14.2. The summed E-state index contributed by atoms with van der Waals surface area (Å²) in [5.41, 5.74) is 8.63. The molecule has 3 N–H and O–H groups in total. The Hall–Kier alpha value is -4.44. The predicted octanol–water partition coefficient (Wildman–Crippen LogP) is 3.75. The van der Waals surface area contributed by atoms with E-state index in [1.54, 1.807) is 24.3 Å². The van der Waals surface area contributed by atoms with Gasteiger partial charge in [-0.25, -0.2) is 13.1 Å². The number of fused-ring (bicyclic) bond motifs is 1. The quantitative estimate of drug-likeness (QED) is 0.211. The number of carbonyl (C=O) groups excluding carboxylic acids is 3. The third-order valence-electron chi connectivity index (χ3n) is 6.28. The lowest BCUT2D eigenvalue weighted by molar-refractivity contribution is -0.121. The first kappa shape index (κ1) is 28.6. The van der Waals surface area contributed by atoms with Crippen molar-refractivity contribution in [1.82, 2.24) is 9.29 Å². The van der Waals surface area contributed by atoms with E-state index >= 15 is 0 Å². The fourth-order valence-electron chi connectivity index (χ4n) is 4.63. The van der Waals surface area contributed by atoms with Gasteiger partial charge in [0.15, 0.2) is 6.61 Å². The Morgan fingerprint density at radius 2 is 1.60 bits per heavy atom. The number of aryl methyl sites for hydroxylation is 1. The predicted molar refractivity (Wildman–Crippen MR) is 152 cm³/mol. The van der Waals surface area contributed by atoms with E-state index in [1.165, 1.54) is 12.1 Å². The van der Waals surface area contributed by atoms with Gasteiger partial charge in [-0.15, -0.1) is 0 Å².